The van der Waals surface area contributed by atoms with Crippen LogP contribution in [0.1, 0.15) is 47.9 Å². The van der Waals surface area contributed by atoms with Crippen molar-refractivity contribution in [2.45, 2.75) is 73.0 Å². The van der Waals surface area contributed by atoms with Gasteiger partial charge in [0, 0.05) is 52.4 Å². The molecular formula is C42H56N4O10S5. The SMILES string of the molecule is Cc1ccc(S(=O)(=O)N2CCCCN(S(=O)(=O)c3ccc(C)cc3)CCCN(S(=O)(=O)c3ccc(C)cc3)CCS(=O)(=O)CCN(S(=O)(=O)c3ccc(C)cc3)CCC2)cc1. The molecule has 334 valence electrons. The Labute approximate surface area is 363 Å². The van der Waals surface area contributed by atoms with Gasteiger partial charge in [-0.1, -0.05) is 70.8 Å². The molecule has 1 heterocycles. The van der Waals surface area contributed by atoms with E-state index in [0.717, 1.165) is 30.9 Å². The minimum Gasteiger partial charge on any atom is -0.229 e. The van der Waals surface area contributed by atoms with Gasteiger partial charge in [0.2, 0.25) is 40.1 Å². The van der Waals surface area contributed by atoms with Crippen molar-refractivity contribution >= 4 is 49.9 Å². The molecule has 0 atom stereocenters. The maximum absolute atomic E-state index is 14.1. The van der Waals surface area contributed by atoms with E-state index in [9.17, 15) is 42.1 Å². The zero-order valence-electron chi connectivity index (χ0n) is 35.0. The summed E-state index contributed by atoms with van der Waals surface area (Å²) in [6, 6.07) is 24.9. The normalized spacial score (nSPS) is 18.8. The van der Waals surface area contributed by atoms with Crippen LogP contribution in [-0.4, -0.2) is 123 Å². The van der Waals surface area contributed by atoms with Crippen molar-refractivity contribution in [2.75, 3.05) is 63.9 Å². The fourth-order valence-electron chi connectivity index (χ4n) is 6.85. The lowest BCUT2D eigenvalue weighted by atomic mass is 10.2. The van der Waals surface area contributed by atoms with Crippen molar-refractivity contribution in [1.82, 2.24) is 17.2 Å². The van der Waals surface area contributed by atoms with Crippen molar-refractivity contribution in [1.29, 1.82) is 0 Å². The van der Waals surface area contributed by atoms with E-state index >= 15 is 0 Å². The summed E-state index contributed by atoms with van der Waals surface area (Å²) in [6.07, 6.45) is 0.491. The first kappa shape index (κ1) is 48.5. The van der Waals surface area contributed by atoms with Crippen LogP contribution in [0, 0.1) is 27.7 Å². The van der Waals surface area contributed by atoms with Crippen molar-refractivity contribution in [3.8, 4) is 0 Å². The molecule has 4 aromatic rings. The lowest BCUT2D eigenvalue weighted by molar-refractivity contribution is 0.340. The number of nitrogens with zero attached hydrogens (tertiary/aromatic N) is 4. The summed E-state index contributed by atoms with van der Waals surface area (Å²) in [7, 11) is -20.8. The number of hydrogen-bond donors (Lipinski definition) is 0. The molecule has 5 rings (SSSR count). The molecule has 0 saturated carbocycles. The van der Waals surface area contributed by atoms with E-state index in [2.05, 4.69) is 0 Å². The Morgan fingerprint density at radius 3 is 0.754 bits per heavy atom. The van der Waals surface area contributed by atoms with Gasteiger partial charge in [0.1, 0.15) is 0 Å². The van der Waals surface area contributed by atoms with Crippen LogP contribution in [0.15, 0.2) is 117 Å². The Bertz CT molecular complexity index is 2480. The van der Waals surface area contributed by atoms with E-state index in [4.69, 9.17) is 0 Å². The molecule has 14 nitrogen and oxygen atoms in total. The zero-order chi connectivity index (χ0) is 44.6. The first-order valence-corrected chi connectivity index (χ1v) is 27.7. The minimum atomic E-state index is -4.26. The first-order chi connectivity index (χ1) is 28.6. The summed E-state index contributed by atoms with van der Waals surface area (Å²) in [5.74, 6) is -1.27. The van der Waals surface area contributed by atoms with Crippen LogP contribution in [0.3, 0.4) is 0 Å². The summed E-state index contributed by atoms with van der Waals surface area (Å²) in [4.78, 5) is -0.0297. The Morgan fingerprint density at radius 2 is 0.525 bits per heavy atom. The fraction of sp³-hybridized carbons (Fsp3) is 0.429. The second-order valence-corrected chi connectivity index (χ2v) is 25.5. The monoisotopic (exact) mass is 936 g/mol. The number of aryl methyl sites for hydroxylation is 4. The molecule has 0 N–H and O–H groups in total. The topological polar surface area (TPSA) is 184 Å². The van der Waals surface area contributed by atoms with Crippen LogP contribution in [0.2, 0.25) is 0 Å². The zero-order valence-corrected chi connectivity index (χ0v) is 39.1. The molecular weight excluding hydrogens is 881 g/mol. The van der Waals surface area contributed by atoms with Gasteiger partial charge in [-0.05, 0) is 102 Å². The molecule has 1 aliphatic rings. The van der Waals surface area contributed by atoms with Crippen LogP contribution >= 0.6 is 0 Å². The predicted octanol–water partition coefficient (Wildman–Crippen LogP) is 4.97. The minimum absolute atomic E-state index is 0.00668. The molecule has 0 spiro atoms. The summed E-state index contributed by atoms with van der Waals surface area (Å²) >= 11 is 0. The molecule has 61 heavy (non-hydrogen) atoms. The van der Waals surface area contributed by atoms with Crippen molar-refractivity contribution in [2.24, 2.45) is 0 Å². The quantitative estimate of drug-likeness (QED) is 0.234. The number of rotatable bonds is 8. The van der Waals surface area contributed by atoms with E-state index in [1.165, 1.54) is 57.1 Å². The van der Waals surface area contributed by atoms with E-state index in [1.807, 2.05) is 13.8 Å². The third kappa shape index (κ3) is 12.6. The first-order valence-electron chi connectivity index (χ1n) is 20.1. The van der Waals surface area contributed by atoms with Gasteiger partial charge in [-0.25, -0.2) is 42.1 Å². The summed E-state index contributed by atoms with van der Waals surface area (Å²) in [5.41, 5.74) is 3.34. The standard InChI is InChI=1S/C42H56N4O10S5/c1-35-9-17-39(18-10-35)58(49,50)43-25-5-6-26-44(59(51,52)40-19-11-36(2)12-20-40)28-8-30-46(61(55,56)42-23-15-38(4)16-24-42)32-34-57(47,48)33-31-45(29-7-27-43)60(53,54)41-21-13-37(3)14-22-41/h9-24H,5-8,25-34H2,1-4H3. The second-order valence-electron chi connectivity index (χ2n) is 15.4. The summed E-state index contributed by atoms with van der Waals surface area (Å²) in [6.45, 7) is 5.64. The maximum atomic E-state index is 14.1. The number of sulfone groups is 1. The van der Waals surface area contributed by atoms with Gasteiger partial charge in [0.15, 0.2) is 9.84 Å². The summed E-state index contributed by atoms with van der Waals surface area (Å²) in [5, 5.41) is 0. The third-order valence-electron chi connectivity index (χ3n) is 10.6. The van der Waals surface area contributed by atoms with Crippen LogP contribution in [-0.2, 0) is 49.9 Å². The van der Waals surface area contributed by atoms with Crippen LogP contribution < -0.4 is 0 Å². The molecule has 0 unspecified atom stereocenters. The molecule has 4 aromatic carbocycles. The van der Waals surface area contributed by atoms with Gasteiger partial charge in [0.25, 0.3) is 0 Å². The number of sulfonamides is 4. The van der Waals surface area contributed by atoms with Crippen molar-refractivity contribution < 1.29 is 42.1 Å². The second kappa shape index (κ2) is 20.3. The van der Waals surface area contributed by atoms with Gasteiger partial charge in [0.05, 0.1) is 31.1 Å². The number of hydrogen-bond acceptors (Lipinski definition) is 10. The van der Waals surface area contributed by atoms with Crippen LogP contribution in [0.25, 0.3) is 0 Å². The van der Waals surface area contributed by atoms with Gasteiger partial charge < -0.3 is 0 Å². The maximum Gasteiger partial charge on any atom is 0.243 e. The highest BCUT2D eigenvalue weighted by molar-refractivity contribution is 7.92. The fourth-order valence-corrected chi connectivity index (χ4v) is 14.3. The average molecular weight is 937 g/mol. The van der Waals surface area contributed by atoms with Crippen molar-refractivity contribution in [3.63, 3.8) is 0 Å². The molecule has 1 saturated heterocycles. The van der Waals surface area contributed by atoms with Crippen LogP contribution in [0.5, 0.6) is 0 Å². The van der Waals surface area contributed by atoms with E-state index in [0.29, 0.717) is 0 Å². The Hall–Kier alpha value is -3.53. The third-order valence-corrected chi connectivity index (χ3v) is 19.9. The molecule has 1 fully saturated rings. The Balaban J connectivity index is 1.52. The van der Waals surface area contributed by atoms with Crippen molar-refractivity contribution in [3.05, 3.63) is 119 Å². The Kier molecular flexibility index (Phi) is 16.2. The highest BCUT2D eigenvalue weighted by Gasteiger charge is 2.32. The molecule has 0 aromatic heterocycles. The van der Waals surface area contributed by atoms with Gasteiger partial charge in [-0.15, -0.1) is 0 Å². The van der Waals surface area contributed by atoms with Gasteiger partial charge in [-0.3, -0.25) is 0 Å². The predicted molar refractivity (Wildman–Crippen MR) is 237 cm³/mol. The smallest absolute Gasteiger partial charge is 0.229 e. The Morgan fingerprint density at radius 1 is 0.328 bits per heavy atom. The largest absolute Gasteiger partial charge is 0.243 e. The van der Waals surface area contributed by atoms with E-state index in [-0.39, 0.29) is 84.5 Å². The highest BCUT2D eigenvalue weighted by Crippen LogP contribution is 2.24. The lowest BCUT2D eigenvalue weighted by Gasteiger charge is -2.26. The van der Waals surface area contributed by atoms with E-state index < -0.39 is 74.5 Å². The van der Waals surface area contributed by atoms with Crippen LogP contribution in [0.4, 0.5) is 0 Å². The highest BCUT2D eigenvalue weighted by atomic mass is 32.2. The molecule has 1 aliphatic heterocycles. The molecule has 0 aliphatic carbocycles. The summed E-state index contributed by atoms with van der Waals surface area (Å²) < 4.78 is 145. The van der Waals surface area contributed by atoms with Gasteiger partial charge in [-0.2, -0.15) is 17.2 Å². The molecule has 0 radical (unpaired) electrons. The molecule has 0 bridgehead atoms. The average Bonchev–Trinajstić information content (AvgIpc) is 3.20. The van der Waals surface area contributed by atoms with E-state index in [1.54, 1.807) is 62.4 Å². The number of benzene rings is 4. The van der Waals surface area contributed by atoms with Gasteiger partial charge >= 0.3 is 0 Å². The molecule has 0 amide bonds. The lowest BCUT2D eigenvalue weighted by Crippen LogP contribution is -2.40. The molecule has 19 heteroatoms.